The standard InChI is InChI=1S/C22H21N3O5/c1-13-6-5-7-14(2)21(13)25-19(27)11-23-20(28)12-30-22(29)16-10-18(26)24-17-9-4-3-8-15(16)17/h3-10H,11-12H2,1-2H3,(H,23,28)(H,24,26)(H,25,27). The molecule has 30 heavy (non-hydrogen) atoms. The molecule has 0 saturated carbocycles. The van der Waals surface area contributed by atoms with E-state index >= 15 is 0 Å². The van der Waals surface area contributed by atoms with Crippen molar-refractivity contribution in [3.8, 4) is 0 Å². The highest BCUT2D eigenvalue weighted by Gasteiger charge is 2.15. The van der Waals surface area contributed by atoms with Crippen molar-refractivity contribution in [2.24, 2.45) is 0 Å². The van der Waals surface area contributed by atoms with Gasteiger partial charge in [0.25, 0.3) is 5.91 Å². The minimum atomic E-state index is -0.799. The second kappa shape index (κ2) is 9.04. The van der Waals surface area contributed by atoms with E-state index in [0.717, 1.165) is 17.2 Å². The minimum Gasteiger partial charge on any atom is -0.452 e. The Bertz CT molecular complexity index is 1160. The smallest absolute Gasteiger partial charge is 0.339 e. The van der Waals surface area contributed by atoms with Gasteiger partial charge in [0.05, 0.1) is 12.1 Å². The van der Waals surface area contributed by atoms with Gasteiger partial charge in [0.15, 0.2) is 6.61 Å². The summed E-state index contributed by atoms with van der Waals surface area (Å²) in [7, 11) is 0. The maximum absolute atomic E-state index is 12.3. The second-order valence-corrected chi connectivity index (χ2v) is 6.76. The van der Waals surface area contributed by atoms with Crippen LogP contribution in [0.4, 0.5) is 5.69 Å². The maximum atomic E-state index is 12.3. The third-order valence-electron chi connectivity index (χ3n) is 4.50. The van der Waals surface area contributed by atoms with Crippen LogP contribution in [-0.2, 0) is 14.3 Å². The number of pyridine rings is 1. The number of amides is 2. The Morgan fingerprint density at radius 2 is 1.67 bits per heavy atom. The minimum absolute atomic E-state index is 0.0647. The van der Waals surface area contributed by atoms with E-state index in [4.69, 9.17) is 4.74 Å². The first-order chi connectivity index (χ1) is 14.3. The van der Waals surface area contributed by atoms with Crippen LogP contribution in [0, 0.1) is 13.8 Å². The number of ether oxygens (including phenoxy) is 1. The van der Waals surface area contributed by atoms with Gasteiger partial charge in [-0.05, 0) is 31.0 Å². The lowest BCUT2D eigenvalue weighted by Crippen LogP contribution is -2.35. The summed E-state index contributed by atoms with van der Waals surface area (Å²) in [6.45, 7) is 2.91. The van der Waals surface area contributed by atoms with Crippen molar-refractivity contribution in [2.75, 3.05) is 18.5 Å². The molecule has 3 N–H and O–H groups in total. The first-order valence-electron chi connectivity index (χ1n) is 9.27. The third kappa shape index (κ3) is 4.91. The number of hydrogen-bond donors (Lipinski definition) is 3. The van der Waals surface area contributed by atoms with Gasteiger partial charge in [-0.25, -0.2) is 4.79 Å². The molecule has 0 aliphatic heterocycles. The van der Waals surface area contributed by atoms with Gasteiger partial charge in [-0.1, -0.05) is 36.4 Å². The molecule has 1 aromatic heterocycles. The molecule has 0 bridgehead atoms. The Morgan fingerprint density at radius 3 is 2.40 bits per heavy atom. The largest absolute Gasteiger partial charge is 0.452 e. The number of aryl methyl sites for hydroxylation is 2. The first kappa shape index (κ1) is 20.8. The van der Waals surface area contributed by atoms with Crippen LogP contribution in [0.25, 0.3) is 10.9 Å². The lowest BCUT2D eigenvalue weighted by atomic mass is 10.1. The highest BCUT2D eigenvalue weighted by atomic mass is 16.5. The van der Waals surface area contributed by atoms with E-state index in [1.807, 2.05) is 32.0 Å². The maximum Gasteiger partial charge on any atom is 0.339 e. The zero-order valence-electron chi connectivity index (χ0n) is 16.6. The van der Waals surface area contributed by atoms with Crippen LogP contribution < -0.4 is 16.2 Å². The van der Waals surface area contributed by atoms with E-state index in [1.54, 1.807) is 24.3 Å². The van der Waals surface area contributed by atoms with Crippen LogP contribution in [0.3, 0.4) is 0 Å². The van der Waals surface area contributed by atoms with Crippen molar-refractivity contribution in [1.82, 2.24) is 10.3 Å². The lowest BCUT2D eigenvalue weighted by Gasteiger charge is -2.12. The van der Waals surface area contributed by atoms with Crippen molar-refractivity contribution >= 4 is 34.4 Å². The summed E-state index contributed by atoms with van der Waals surface area (Å²) in [5.41, 5.74) is 2.62. The highest BCUT2D eigenvalue weighted by molar-refractivity contribution is 6.03. The normalized spacial score (nSPS) is 10.5. The van der Waals surface area contributed by atoms with Gasteiger partial charge in [-0.2, -0.15) is 0 Å². The fourth-order valence-corrected chi connectivity index (χ4v) is 3.01. The van der Waals surface area contributed by atoms with Gasteiger partial charge in [-0.3, -0.25) is 14.4 Å². The predicted octanol–water partition coefficient (Wildman–Crippen LogP) is 2.06. The molecule has 0 saturated heterocycles. The number of para-hydroxylation sites is 2. The number of esters is 1. The summed E-state index contributed by atoms with van der Waals surface area (Å²) in [6, 6.07) is 13.5. The average Bonchev–Trinajstić information content (AvgIpc) is 2.72. The van der Waals surface area contributed by atoms with E-state index in [9.17, 15) is 19.2 Å². The summed E-state index contributed by atoms with van der Waals surface area (Å²) in [5.74, 6) is -1.82. The van der Waals surface area contributed by atoms with Gasteiger partial charge in [0.2, 0.25) is 11.5 Å². The Hall–Kier alpha value is -3.94. The number of carbonyl (C=O) groups is 3. The number of fused-ring (bicyclic) bond motifs is 1. The summed E-state index contributed by atoms with van der Waals surface area (Å²) < 4.78 is 5.01. The van der Waals surface area contributed by atoms with Crippen LogP contribution in [-0.4, -0.2) is 35.9 Å². The van der Waals surface area contributed by atoms with Crippen LogP contribution in [0.5, 0.6) is 0 Å². The van der Waals surface area contributed by atoms with Crippen molar-refractivity contribution in [1.29, 1.82) is 0 Å². The molecular formula is C22H21N3O5. The number of H-pyrrole nitrogens is 1. The molecule has 0 aliphatic rings. The Kier molecular flexibility index (Phi) is 6.26. The van der Waals surface area contributed by atoms with Crippen LogP contribution >= 0.6 is 0 Å². The zero-order chi connectivity index (χ0) is 21.7. The molecule has 0 fully saturated rings. The molecule has 3 aromatic rings. The van der Waals surface area contributed by atoms with Crippen molar-refractivity contribution in [3.63, 3.8) is 0 Å². The summed E-state index contributed by atoms with van der Waals surface area (Å²) in [5, 5.41) is 5.66. The summed E-state index contributed by atoms with van der Waals surface area (Å²) in [4.78, 5) is 50.8. The van der Waals surface area contributed by atoms with E-state index in [-0.39, 0.29) is 12.1 Å². The number of aromatic nitrogens is 1. The Balaban J connectivity index is 1.54. The topological polar surface area (TPSA) is 117 Å². The van der Waals surface area contributed by atoms with Crippen LogP contribution in [0.1, 0.15) is 21.5 Å². The molecule has 0 spiro atoms. The van der Waals surface area contributed by atoms with Gasteiger partial charge in [0.1, 0.15) is 0 Å². The van der Waals surface area contributed by atoms with Crippen molar-refractivity contribution in [2.45, 2.75) is 13.8 Å². The summed E-state index contributed by atoms with van der Waals surface area (Å²) in [6.07, 6.45) is 0. The molecule has 0 unspecified atom stereocenters. The fourth-order valence-electron chi connectivity index (χ4n) is 3.01. The number of anilines is 1. The van der Waals surface area contributed by atoms with Gasteiger partial charge < -0.3 is 20.4 Å². The number of benzene rings is 2. The van der Waals surface area contributed by atoms with Gasteiger partial charge >= 0.3 is 5.97 Å². The highest BCUT2D eigenvalue weighted by Crippen LogP contribution is 2.19. The SMILES string of the molecule is Cc1cccc(C)c1NC(=O)CNC(=O)COC(=O)c1cc(=O)[nH]c2ccccc12. The molecule has 3 rings (SSSR count). The number of rotatable bonds is 6. The Morgan fingerprint density at radius 1 is 0.967 bits per heavy atom. The van der Waals surface area contributed by atoms with Crippen LogP contribution in [0.2, 0.25) is 0 Å². The van der Waals surface area contributed by atoms with Gasteiger partial charge in [0, 0.05) is 22.7 Å². The number of carbonyl (C=O) groups excluding carboxylic acids is 3. The Labute approximate surface area is 172 Å². The van der Waals surface area contributed by atoms with E-state index in [0.29, 0.717) is 16.6 Å². The molecule has 8 nitrogen and oxygen atoms in total. The van der Waals surface area contributed by atoms with Crippen molar-refractivity contribution < 1.29 is 19.1 Å². The van der Waals surface area contributed by atoms with E-state index < -0.39 is 29.9 Å². The zero-order valence-corrected chi connectivity index (χ0v) is 16.6. The molecule has 8 heteroatoms. The summed E-state index contributed by atoms with van der Waals surface area (Å²) >= 11 is 0. The van der Waals surface area contributed by atoms with Gasteiger partial charge in [-0.15, -0.1) is 0 Å². The molecule has 1 heterocycles. The quantitative estimate of drug-likeness (QED) is 0.541. The van der Waals surface area contributed by atoms with Crippen molar-refractivity contribution in [3.05, 3.63) is 75.6 Å². The molecule has 0 atom stereocenters. The molecule has 2 amide bonds. The van der Waals surface area contributed by atoms with E-state index in [1.165, 1.54) is 0 Å². The third-order valence-corrected chi connectivity index (χ3v) is 4.50. The molecule has 154 valence electrons. The predicted molar refractivity (Wildman–Crippen MR) is 112 cm³/mol. The lowest BCUT2D eigenvalue weighted by molar-refractivity contribution is -0.126. The molecule has 0 aliphatic carbocycles. The molecule has 2 aromatic carbocycles. The van der Waals surface area contributed by atoms with Crippen LogP contribution in [0.15, 0.2) is 53.3 Å². The number of aromatic amines is 1. The first-order valence-corrected chi connectivity index (χ1v) is 9.27. The van der Waals surface area contributed by atoms with E-state index in [2.05, 4.69) is 15.6 Å². The molecule has 0 radical (unpaired) electrons. The number of hydrogen-bond acceptors (Lipinski definition) is 5. The molecular weight excluding hydrogens is 386 g/mol. The average molecular weight is 407 g/mol. The monoisotopic (exact) mass is 407 g/mol. The fraction of sp³-hybridized carbons (Fsp3) is 0.182. The second-order valence-electron chi connectivity index (χ2n) is 6.76. The number of nitrogens with one attached hydrogen (secondary N) is 3.